The molecule has 2 aromatic carbocycles. The Kier molecular flexibility index (Phi) is 8.73. The lowest BCUT2D eigenvalue weighted by atomic mass is 9.93. The Labute approximate surface area is 223 Å². The first kappa shape index (κ1) is 26.8. The number of aryl methyl sites for hydroxylation is 1. The van der Waals surface area contributed by atoms with Gasteiger partial charge in [0.05, 0.1) is 18.0 Å². The van der Waals surface area contributed by atoms with Crippen molar-refractivity contribution in [3.05, 3.63) is 101 Å². The highest BCUT2D eigenvalue weighted by Crippen LogP contribution is 2.35. The predicted molar refractivity (Wildman–Crippen MR) is 153 cm³/mol. The number of allylic oxidation sites excluding steroid dienone is 6. The number of rotatable bonds is 8. The molecule has 4 rings (SSSR count). The molecule has 1 aliphatic heterocycles. The van der Waals surface area contributed by atoms with E-state index in [4.69, 9.17) is 15.5 Å². The second-order valence-corrected chi connectivity index (χ2v) is 9.55. The van der Waals surface area contributed by atoms with Crippen molar-refractivity contribution in [1.29, 1.82) is 0 Å². The van der Waals surface area contributed by atoms with E-state index in [9.17, 15) is 9.18 Å². The fraction of sp³-hybridized carbons (Fsp3) is 0.250. The number of ether oxygens (including phenoxy) is 1. The van der Waals surface area contributed by atoms with Crippen molar-refractivity contribution in [2.24, 2.45) is 16.6 Å². The molecule has 0 saturated heterocycles. The number of nitrogens with two attached hydrogens (primary N) is 1. The average molecular weight is 510 g/mol. The molecule has 0 radical (unpaired) electrons. The van der Waals surface area contributed by atoms with Gasteiger partial charge < -0.3 is 15.8 Å². The van der Waals surface area contributed by atoms with Crippen LogP contribution in [0.15, 0.2) is 83.2 Å². The van der Waals surface area contributed by atoms with Crippen LogP contribution >= 0.6 is 0 Å². The van der Waals surface area contributed by atoms with Crippen LogP contribution in [0.5, 0.6) is 5.75 Å². The summed E-state index contributed by atoms with van der Waals surface area (Å²) < 4.78 is 20.2. The third-order valence-electron chi connectivity index (χ3n) is 6.15. The molecule has 2 aromatic rings. The van der Waals surface area contributed by atoms with Gasteiger partial charge in [-0.15, -0.1) is 0 Å². The van der Waals surface area contributed by atoms with Crippen LogP contribution in [0.2, 0.25) is 0 Å². The summed E-state index contributed by atoms with van der Waals surface area (Å²) in [7, 11) is 0. The molecular weight excluding hydrogens is 477 g/mol. The maximum absolute atomic E-state index is 14.8. The molecule has 0 saturated carbocycles. The highest BCUT2D eigenvalue weighted by atomic mass is 19.1. The molecule has 194 valence electrons. The van der Waals surface area contributed by atoms with Crippen molar-refractivity contribution in [2.75, 3.05) is 18.5 Å². The van der Waals surface area contributed by atoms with Crippen LogP contribution in [-0.4, -0.2) is 24.6 Å². The lowest BCUT2D eigenvalue weighted by Crippen LogP contribution is -2.14. The van der Waals surface area contributed by atoms with Crippen molar-refractivity contribution >= 4 is 22.8 Å². The number of ketones is 1. The SMILES string of the molecule is Cc1cc(N/C2=C\C/C=C\C=C3\C(c4ccc(OCC#CCN)c(F)c4)=CN=C23)ccc1C(=O)CC(C)C. The van der Waals surface area contributed by atoms with E-state index in [1.54, 1.807) is 12.3 Å². The van der Waals surface area contributed by atoms with Gasteiger partial charge in [-0.1, -0.05) is 56.1 Å². The third-order valence-corrected chi connectivity index (χ3v) is 6.15. The highest BCUT2D eigenvalue weighted by molar-refractivity contribution is 6.25. The fourth-order valence-corrected chi connectivity index (χ4v) is 4.36. The van der Waals surface area contributed by atoms with Crippen molar-refractivity contribution in [3.63, 3.8) is 0 Å². The van der Waals surface area contributed by atoms with Crippen LogP contribution in [0.25, 0.3) is 5.57 Å². The van der Waals surface area contributed by atoms with E-state index >= 15 is 0 Å². The quantitative estimate of drug-likeness (QED) is 0.320. The van der Waals surface area contributed by atoms with Crippen molar-refractivity contribution < 1.29 is 13.9 Å². The Bertz CT molecular complexity index is 1450. The number of hydrogen-bond acceptors (Lipinski definition) is 5. The normalized spacial score (nSPS) is 17.8. The number of nitrogens with one attached hydrogen (secondary N) is 1. The Hall–Kier alpha value is -4.21. The summed E-state index contributed by atoms with van der Waals surface area (Å²) in [5.74, 6) is 5.57. The molecular formula is C32H32FN3O2. The molecule has 1 heterocycles. The molecule has 0 atom stereocenters. The number of aliphatic imine (C=N–C) groups is 1. The molecule has 38 heavy (non-hydrogen) atoms. The summed E-state index contributed by atoms with van der Waals surface area (Å²) in [6.45, 7) is 6.36. The minimum atomic E-state index is -0.468. The summed E-state index contributed by atoms with van der Waals surface area (Å²) in [4.78, 5) is 17.3. The number of hydrogen-bond donors (Lipinski definition) is 2. The first-order valence-electron chi connectivity index (χ1n) is 12.7. The standard InChI is InChI=1S/C32H32FN3O2/c1-21(2)17-30(37)25-13-12-24(18-22(25)3)36-29-10-6-4-5-9-26-27(20-35-32(26)29)23-11-14-31(28(33)19-23)38-16-8-7-15-34/h4-5,9-14,18-21,36H,6,15-17,34H2,1-3H3/b5-4-,26-9-,29-10-. The summed E-state index contributed by atoms with van der Waals surface area (Å²) in [6, 6.07) is 10.7. The van der Waals surface area contributed by atoms with Gasteiger partial charge >= 0.3 is 0 Å². The number of anilines is 1. The van der Waals surface area contributed by atoms with Gasteiger partial charge in [0.25, 0.3) is 0 Å². The minimum absolute atomic E-state index is 0.0749. The van der Waals surface area contributed by atoms with E-state index in [2.05, 4.69) is 29.3 Å². The molecule has 0 spiro atoms. The summed E-state index contributed by atoms with van der Waals surface area (Å²) >= 11 is 0. The Morgan fingerprint density at radius 3 is 2.76 bits per heavy atom. The number of fused-ring (bicyclic) bond motifs is 1. The largest absolute Gasteiger partial charge is 0.478 e. The summed E-state index contributed by atoms with van der Waals surface area (Å²) in [6.07, 6.45) is 11.1. The van der Waals surface area contributed by atoms with Crippen molar-refractivity contribution in [1.82, 2.24) is 0 Å². The molecule has 0 amide bonds. The zero-order chi connectivity index (χ0) is 27.1. The maximum Gasteiger partial charge on any atom is 0.165 e. The zero-order valence-corrected chi connectivity index (χ0v) is 22.0. The van der Waals surface area contributed by atoms with Gasteiger partial charge in [0.15, 0.2) is 17.3 Å². The Morgan fingerprint density at radius 1 is 1.18 bits per heavy atom. The van der Waals surface area contributed by atoms with Crippen LogP contribution in [0.3, 0.4) is 0 Å². The topological polar surface area (TPSA) is 76.7 Å². The van der Waals surface area contributed by atoms with Gasteiger partial charge in [0.1, 0.15) is 6.61 Å². The van der Waals surface area contributed by atoms with Crippen LogP contribution in [0, 0.1) is 30.5 Å². The van der Waals surface area contributed by atoms with Crippen LogP contribution in [-0.2, 0) is 0 Å². The van der Waals surface area contributed by atoms with Crippen molar-refractivity contribution in [3.8, 4) is 17.6 Å². The van der Waals surface area contributed by atoms with Gasteiger partial charge in [-0.2, -0.15) is 0 Å². The fourth-order valence-electron chi connectivity index (χ4n) is 4.36. The Morgan fingerprint density at radius 2 is 2.03 bits per heavy atom. The molecule has 0 aromatic heterocycles. The van der Waals surface area contributed by atoms with Crippen molar-refractivity contribution in [2.45, 2.75) is 33.6 Å². The maximum atomic E-state index is 14.8. The molecule has 3 N–H and O–H groups in total. The van der Waals surface area contributed by atoms with Gasteiger partial charge in [-0.05, 0) is 60.7 Å². The van der Waals surface area contributed by atoms with E-state index in [-0.39, 0.29) is 24.7 Å². The third kappa shape index (κ3) is 6.37. The number of Topliss-reactive ketones (excluding diaryl/α,β-unsaturated/α-hetero) is 1. The first-order valence-corrected chi connectivity index (χ1v) is 12.7. The van der Waals surface area contributed by atoms with E-state index in [0.717, 1.165) is 45.8 Å². The highest BCUT2D eigenvalue weighted by Gasteiger charge is 2.24. The van der Waals surface area contributed by atoms with E-state index in [1.807, 2.05) is 57.2 Å². The first-order chi connectivity index (χ1) is 18.4. The van der Waals surface area contributed by atoms with Gasteiger partial charge in [-0.3, -0.25) is 9.79 Å². The predicted octanol–water partition coefficient (Wildman–Crippen LogP) is 6.38. The average Bonchev–Trinajstić information content (AvgIpc) is 3.27. The zero-order valence-electron chi connectivity index (χ0n) is 22.0. The van der Waals surface area contributed by atoms with Crippen LogP contribution < -0.4 is 15.8 Å². The lowest BCUT2D eigenvalue weighted by Gasteiger charge is -2.17. The molecule has 1 aliphatic carbocycles. The van der Waals surface area contributed by atoms with Gasteiger partial charge in [-0.25, -0.2) is 4.39 Å². The van der Waals surface area contributed by atoms with E-state index < -0.39 is 5.82 Å². The number of carbonyl (C=O) groups excluding carboxylic acids is 1. The van der Waals surface area contributed by atoms with E-state index in [0.29, 0.717) is 17.9 Å². The lowest BCUT2D eigenvalue weighted by molar-refractivity contribution is 0.0967. The number of halogens is 1. The number of carbonyl (C=O) groups is 1. The minimum Gasteiger partial charge on any atom is -0.478 e. The smallest absolute Gasteiger partial charge is 0.165 e. The molecule has 0 bridgehead atoms. The van der Waals surface area contributed by atoms with Gasteiger partial charge in [0.2, 0.25) is 0 Å². The molecule has 6 heteroatoms. The summed E-state index contributed by atoms with van der Waals surface area (Å²) in [5.41, 5.74) is 11.9. The number of benzene rings is 2. The molecule has 2 aliphatic rings. The molecule has 0 fully saturated rings. The monoisotopic (exact) mass is 509 g/mol. The number of nitrogens with zero attached hydrogens (tertiary/aromatic N) is 1. The Balaban J connectivity index is 1.53. The second-order valence-electron chi connectivity index (χ2n) is 9.55. The van der Waals surface area contributed by atoms with E-state index in [1.165, 1.54) is 6.07 Å². The van der Waals surface area contributed by atoms with Crippen LogP contribution in [0.4, 0.5) is 10.1 Å². The molecule has 0 unspecified atom stereocenters. The van der Waals surface area contributed by atoms with Crippen LogP contribution in [0.1, 0.15) is 48.2 Å². The second kappa shape index (κ2) is 12.4. The summed E-state index contributed by atoms with van der Waals surface area (Å²) in [5, 5.41) is 3.49. The van der Waals surface area contributed by atoms with Gasteiger partial charge in [0, 0.05) is 35.0 Å². The molecule has 5 nitrogen and oxygen atoms in total.